The van der Waals surface area contributed by atoms with Crippen LogP contribution in [0.2, 0.25) is 0 Å². The third kappa shape index (κ3) is 7.17. The van der Waals surface area contributed by atoms with Crippen molar-refractivity contribution in [3.63, 3.8) is 0 Å². The quantitative estimate of drug-likeness (QED) is 0.266. The van der Waals surface area contributed by atoms with Crippen molar-refractivity contribution in [3.8, 4) is 5.75 Å². The average Bonchev–Trinajstić information content (AvgIpc) is 3.25. The van der Waals surface area contributed by atoms with Crippen LogP contribution in [0.4, 0.5) is 5.69 Å². The fourth-order valence-electron chi connectivity index (χ4n) is 3.83. The number of fused-ring (bicyclic) bond motifs is 1. The minimum absolute atomic E-state index is 0.0635. The molecule has 2 N–H and O–H groups in total. The van der Waals surface area contributed by atoms with Crippen LogP contribution in [0.1, 0.15) is 63.1 Å². The second-order valence-electron chi connectivity index (χ2n) is 10.4. The number of thiocarbonyl (C=S) groups is 1. The van der Waals surface area contributed by atoms with Crippen LogP contribution in [-0.2, 0) is 16.6 Å². The van der Waals surface area contributed by atoms with Crippen LogP contribution in [0.5, 0.6) is 5.75 Å². The number of rotatable bonds is 7. The zero-order valence-corrected chi connectivity index (χ0v) is 22.7. The highest BCUT2D eigenvalue weighted by molar-refractivity contribution is 7.80. The van der Waals surface area contributed by atoms with Gasteiger partial charge in [-0.05, 0) is 76.6 Å². The maximum atomic E-state index is 12.3. The van der Waals surface area contributed by atoms with E-state index in [1.165, 1.54) is 11.1 Å². The molecule has 1 heterocycles. The van der Waals surface area contributed by atoms with E-state index in [4.69, 9.17) is 21.4 Å². The van der Waals surface area contributed by atoms with Crippen LogP contribution in [0.15, 0.2) is 71.1 Å². The number of carbonyl (C=O) groups excluding carboxylic acids is 1. The third-order valence-corrected chi connectivity index (χ3v) is 6.24. The number of aromatic nitrogens is 1. The predicted molar refractivity (Wildman–Crippen MR) is 152 cm³/mol. The van der Waals surface area contributed by atoms with Crippen molar-refractivity contribution in [2.45, 2.75) is 52.4 Å². The van der Waals surface area contributed by atoms with Crippen molar-refractivity contribution in [1.29, 1.82) is 0 Å². The maximum absolute atomic E-state index is 12.3. The predicted octanol–water partition coefficient (Wildman–Crippen LogP) is 6.73. The highest BCUT2D eigenvalue weighted by Crippen LogP contribution is 2.25. The molecule has 0 radical (unpaired) electrons. The highest BCUT2D eigenvalue weighted by Gasteiger charge is 2.14. The second kappa shape index (κ2) is 11.1. The molecule has 0 saturated carbocycles. The Labute approximate surface area is 223 Å². The summed E-state index contributed by atoms with van der Waals surface area (Å²) < 4.78 is 11.5. The van der Waals surface area contributed by atoms with E-state index in [-0.39, 0.29) is 23.0 Å². The number of benzene rings is 3. The van der Waals surface area contributed by atoms with E-state index in [0.717, 1.165) is 22.4 Å². The summed E-state index contributed by atoms with van der Waals surface area (Å²) >= 11 is 5.28. The fourth-order valence-corrected chi connectivity index (χ4v) is 4.06. The lowest BCUT2D eigenvalue weighted by Gasteiger charge is -2.19. The molecule has 4 aromatic rings. The summed E-state index contributed by atoms with van der Waals surface area (Å²) in [5, 5.41) is 5.89. The lowest BCUT2D eigenvalue weighted by atomic mass is 9.87. The van der Waals surface area contributed by atoms with Crippen molar-refractivity contribution in [2.24, 2.45) is 0 Å². The van der Waals surface area contributed by atoms with Crippen LogP contribution >= 0.6 is 12.2 Å². The Morgan fingerprint density at radius 1 is 1.03 bits per heavy atom. The van der Waals surface area contributed by atoms with Gasteiger partial charge in [-0.15, -0.1) is 0 Å². The van der Waals surface area contributed by atoms with E-state index in [1.54, 1.807) is 0 Å². The van der Waals surface area contributed by atoms with Gasteiger partial charge >= 0.3 is 0 Å². The molecule has 0 fully saturated rings. The average molecular weight is 516 g/mol. The first-order valence-corrected chi connectivity index (χ1v) is 12.8. The Bertz CT molecular complexity index is 1380. The van der Waals surface area contributed by atoms with Gasteiger partial charge in [0.05, 0.1) is 0 Å². The monoisotopic (exact) mass is 515 g/mol. The Morgan fingerprint density at radius 3 is 2.38 bits per heavy atom. The van der Waals surface area contributed by atoms with Gasteiger partial charge in [-0.25, -0.2) is 4.98 Å². The van der Waals surface area contributed by atoms with E-state index >= 15 is 0 Å². The lowest BCUT2D eigenvalue weighted by Crippen LogP contribution is -2.37. The van der Waals surface area contributed by atoms with Gasteiger partial charge in [-0.1, -0.05) is 65.0 Å². The summed E-state index contributed by atoms with van der Waals surface area (Å²) in [6.45, 7) is 10.6. The first kappa shape index (κ1) is 26.4. The second-order valence-corrected chi connectivity index (χ2v) is 10.8. The Hall–Kier alpha value is -3.71. The van der Waals surface area contributed by atoms with Gasteiger partial charge in [0.1, 0.15) is 11.3 Å². The minimum Gasteiger partial charge on any atom is -0.484 e. The first-order valence-electron chi connectivity index (χ1n) is 12.4. The first-order chi connectivity index (χ1) is 17.6. The number of nitrogens with zero attached hydrogens (tertiary/aromatic N) is 1. The van der Waals surface area contributed by atoms with E-state index in [0.29, 0.717) is 24.0 Å². The molecule has 0 atom stereocenters. The van der Waals surface area contributed by atoms with Crippen molar-refractivity contribution in [2.75, 3.05) is 11.9 Å². The zero-order valence-electron chi connectivity index (χ0n) is 21.9. The summed E-state index contributed by atoms with van der Waals surface area (Å²) in [5.74, 6) is 1.42. The normalized spacial score (nSPS) is 11.5. The van der Waals surface area contributed by atoms with E-state index in [2.05, 4.69) is 62.4 Å². The summed E-state index contributed by atoms with van der Waals surface area (Å²) in [7, 11) is 0. The lowest BCUT2D eigenvalue weighted by molar-refractivity contribution is -0.121. The van der Waals surface area contributed by atoms with E-state index in [1.807, 2.05) is 54.6 Å². The van der Waals surface area contributed by atoms with Crippen molar-refractivity contribution >= 4 is 40.0 Å². The molecule has 1 aromatic heterocycles. The van der Waals surface area contributed by atoms with Gasteiger partial charge in [-0.3, -0.25) is 10.1 Å². The molecule has 7 heteroatoms. The van der Waals surface area contributed by atoms with Crippen LogP contribution in [-0.4, -0.2) is 22.6 Å². The SMILES string of the molecule is CC(C)c1ccc2oc(Cc3ccc(NC(=S)NC(=O)COc4ccc(C(C)(C)C)cc4)cc3)nc2c1. The molecule has 37 heavy (non-hydrogen) atoms. The van der Waals surface area contributed by atoms with Gasteiger partial charge in [0.25, 0.3) is 5.91 Å². The Morgan fingerprint density at radius 2 is 1.73 bits per heavy atom. The van der Waals surface area contributed by atoms with Crippen LogP contribution in [0.25, 0.3) is 11.1 Å². The summed E-state index contributed by atoms with van der Waals surface area (Å²) in [4.78, 5) is 16.9. The van der Waals surface area contributed by atoms with Crippen molar-refractivity contribution in [3.05, 3.63) is 89.3 Å². The van der Waals surface area contributed by atoms with E-state index < -0.39 is 0 Å². The number of ether oxygens (including phenoxy) is 1. The molecule has 0 aliphatic heterocycles. The standard InChI is InChI=1S/C30H33N3O3S/c1-19(2)21-8-15-26-25(17-21)32-28(36-26)16-20-6-11-23(12-7-20)31-29(37)33-27(34)18-35-24-13-9-22(10-14-24)30(3,4)5/h6-15,17,19H,16,18H2,1-5H3,(H2,31,33,34,37). The van der Waals surface area contributed by atoms with Crippen molar-refractivity contribution < 1.29 is 13.9 Å². The number of nitrogens with one attached hydrogen (secondary N) is 2. The van der Waals surface area contributed by atoms with Gasteiger partial charge in [0.15, 0.2) is 23.2 Å². The molecule has 0 aliphatic carbocycles. The van der Waals surface area contributed by atoms with Gasteiger partial charge in [0.2, 0.25) is 0 Å². The van der Waals surface area contributed by atoms with Gasteiger partial charge in [0, 0.05) is 12.1 Å². The number of carbonyl (C=O) groups is 1. The molecule has 192 valence electrons. The number of oxazole rings is 1. The van der Waals surface area contributed by atoms with Crippen LogP contribution in [0.3, 0.4) is 0 Å². The number of amides is 1. The summed E-state index contributed by atoms with van der Waals surface area (Å²) in [6, 6.07) is 21.7. The molecule has 0 bridgehead atoms. The smallest absolute Gasteiger partial charge is 0.264 e. The number of hydrogen-bond donors (Lipinski definition) is 2. The highest BCUT2D eigenvalue weighted by atomic mass is 32.1. The van der Waals surface area contributed by atoms with Gasteiger partial charge in [-0.2, -0.15) is 0 Å². The Balaban J connectivity index is 1.26. The van der Waals surface area contributed by atoms with E-state index in [9.17, 15) is 4.79 Å². The molecule has 6 nitrogen and oxygen atoms in total. The third-order valence-electron chi connectivity index (χ3n) is 6.03. The fraction of sp³-hybridized carbons (Fsp3) is 0.300. The summed E-state index contributed by atoms with van der Waals surface area (Å²) in [5.41, 5.74) is 6.01. The van der Waals surface area contributed by atoms with Gasteiger partial charge < -0.3 is 14.5 Å². The molecular weight excluding hydrogens is 482 g/mol. The molecule has 4 rings (SSSR count). The molecule has 0 saturated heterocycles. The molecule has 0 aliphatic rings. The van der Waals surface area contributed by atoms with Crippen molar-refractivity contribution in [1.82, 2.24) is 10.3 Å². The van der Waals surface area contributed by atoms with Crippen LogP contribution in [0, 0.1) is 0 Å². The number of anilines is 1. The molecule has 0 spiro atoms. The zero-order chi connectivity index (χ0) is 26.6. The minimum atomic E-state index is -0.328. The Kier molecular flexibility index (Phi) is 7.93. The largest absolute Gasteiger partial charge is 0.484 e. The topological polar surface area (TPSA) is 76.4 Å². The molecular formula is C30H33N3O3S. The maximum Gasteiger partial charge on any atom is 0.264 e. The number of hydrogen-bond acceptors (Lipinski definition) is 5. The summed E-state index contributed by atoms with van der Waals surface area (Å²) in [6.07, 6.45) is 0.585. The van der Waals surface area contributed by atoms with Crippen LogP contribution < -0.4 is 15.4 Å². The molecule has 3 aromatic carbocycles. The molecule has 0 unspecified atom stereocenters. The molecule has 1 amide bonds.